The van der Waals surface area contributed by atoms with Crippen molar-refractivity contribution in [3.05, 3.63) is 0 Å². The minimum Gasteiger partial charge on any atom is -0.392 e. The van der Waals surface area contributed by atoms with Gasteiger partial charge in [0.1, 0.15) is 0 Å². The predicted octanol–water partition coefficient (Wildman–Crippen LogP) is 1.10. The third-order valence-corrected chi connectivity index (χ3v) is 2.38. The zero-order chi connectivity index (χ0) is 8.53. The fourth-order valence-corrected chi connectivity index (χ4v) is 1.28. The van der Waals surface area contributed by atoms with E-state index in [0.717, 1.165) is 25.3 Å². The molecule has 0 saturated heterocycles. The fourth-order valence-electron chi connectivity index (χ4n) is 0.702. The summed E-state index contributed by atoms with van der Waals surface area (Å²) in [5.74, 6) is 2.32. The van der Waals surface area contributed by atoms with Gasteiger partial charge in [-0.25, -0.2) is 0 Å². The van der Waals surface area contributed by atoms with Crippen LogP contribution in [-0.4, -0.2) is 35.8 Å². The second-order valence-corrected chi connectivity index (χ2v) is 3.86. The highest BCUT2D eigenvalue weighted by molar-refractivity contribution is 7.99. The van der Waals surface area contributed by atoms with E-state index in [2.05, 4.69) is 12.2 Å². The van der Waals surface area contributed by atoms with E-state index in [-0.39, 0.29) is 6.10 Å². The van der Waals surface area contributed by atoms with Crippen molar-refractivity contribution in [1.29, 1.82) is 0 Å². The molecule has 0 heterocycles. The number of aliphatic hydroxyl groups excluding tert-OH is 1. The molecular weight excluding hydrogens is 158 g/mol. The molecule has 3 heteroatoms. The zero-order valence-electron chi connectivity index (χ0n) is 7.47. The number of hydrogen-bond donors (Lipinski definition) is 2. The van der Waals surface area contributed by atoms with Crippen molar-refractivity contribution < 1.29 is 5.11 Å². The second-order valence-electron chi connectivity index (χ2n) is 2.46. The predicted molar refractivity (Wildman–Crippen MR) is 52.2 cm³/mol. The molecule has 0 saturated carbocycles. The van der Waals surface area contributed by atoms with Crippen LogP contribution < -0.4 is 5.32 Å². The summed E-state index contributed by atoms with van der Waals surface area (Å²) in [6, 6.07) is 0. The van der Waals surface area contributed by atoms with Gasteiger partial charge in [-0.05, 0) is 12.2 Å². The topological polar surface area (TPSA) is 32.3 Å². The summed E-state index contributed by atoms with van der Waals surface area (Å²) in [4.78, 5) is 0. The Morgan fingerprint density at radius 1 is 1.45 bits per heavy atom. The smallest absolute Gasteiger partial charge is 0.0662 e. The minimum absolute atomic E-state index is 0.165. The van der Waals surface area contributed by atoms with Gasteiger partial charge in [-0.2, -0.15) is 11.8 Å². The molecule has 0 amide bonds. The Bertz CT molecular complexity index is 80.5. The first-order valence-corrected chi connectivity index (χ1v) is 5.43. The van der Waals surface area contributed by atoms with Crippen LogP contribution >= 0.6 is 11.8 Å². The molecule has 68 valence electrons. The van der Waals surface area contributed by atoms with Gasteiger partial charge >= 0.3 is 0 Å². The van der Waals surface area contributed by atoms with Crippen LogP contribution in [0.25, 0.3) is 0 Å². The summed E-state index contributed by atoms with van der Waals surface area (Å²) in [7, 11) is 0. The van der Waals surface area contributed by atoms with Crippen LogP contribution in [-0.2, 0) is 0 Å². The molecule has 0 aromatic rings. The quantitative estimate of drug-likeness (QED) is 0.571. The molecule has 11 heavy (non-hydrogen) atoms. The molecule has 0 aromatic carbocycles. The van der Waals surface area contributed by atoms with Gasteiger partial charge in [-0.15, -0.1) is 0 Å². The molecular formula is C8H19NOS. The van der Waals surface area contributed by atoms with Gasteiger partial charge in [0.15, 0.2) is 0 Å². The fraction of sp³-hybridized carbons (Fsp3) is 1.00. The van der Waals surface area contributed by atoms with Gasteiger partial charge in [-0.3, -0.25) is 0 Å². The van der Waals surface area contributed by atoms with E-state index in [1.54, 1.807) is 0 Å². The lowest BCUT2D eigenvalue weighted by Gasteiger charge is -2.08. The molecule has 0 bridgehead atoms. The van der Waals surface area contributed by atoms with E-state index in [1.807, 2.05) is 18.7 Å². The Balaban J connectivity index is 2.89. The number of nitrogens with one attached hydrogen (secondary N) is 1. The molecule has 0 aliphatic rings. The lowest BCUT2D eigenvalue weighted by Crippen LogP contribution is -2.27. The highest BCUT2D eigenvalue weighted by Crippen LogP contribution is 1.95. The molecule has 2 nitrogen and oxygen atoms in total. The van der Waals surface area contributed by atoms with Gasteiger partial charge in [0, 0.05) is 18.8 Å². The van der Waals surface area contributed by atoms with Crippen molar-refractivity contribution >= 4 is 11.8 Å². The van der Waals surface area contributed by atoms with Gasteiger partial charge in [0.05, 0.1) is 6.10 Å². The lowest BCUT2D eigenvalue weighted by atomic mass is 10.3. The molecule has 2 N–H and O–H groups in total. The minimum atomic E-state index is -0.165. The first-order valence-electron chi connectivity index (χ1n) is 4.27. The van der Waals surface area contributed by atoms with E-state index in [4.69, 9.17) is 5.11 Å². The monoisotopic (exact) mass is 177 g/mol. The maximum absolute atomic E-state index is 9.15. The van der Waals surface area contributed by atoms with Gasteiger partial charge < -0.3 is 10.4 Å². The van der Waals surface area contributed by atoms with Crippen LogP contribution in [0.2, 0.25) is 0 Å². The maximum atomic E-state index is 9.15. The van der Waals surface area contributed by atoms with Crippen molar-refractivity contribution in [3.63, 3.8) is 0 Å². The number of thioether (sulfide) groups is 1. The zero-order valence-corrected chi connectivity index (χ0v) is 8.28. The third kappa shape index (κ3) is 8.17. The van der Waals surface area contributed by atoms with E-state index in [9.17, 15) is 0 Å². The van der Waals surface area contributed by atoms with Crippen molar-refractivity contribution in [2.24, 2.45) is 0 Å². The first-order chi connectivity index (χ1) is 5.31. The highest BCUT2D eigenvalue weighted by atomic mass is 32.2. The van der Waals surface area contributed by atoms with E-state index < -0.39 is 0 Å². The first kappa shape index (κ1) is 11.3. The Kier molecular flexibility index (Phi) is 8.57. The van der Waals surface area contributed by atoms with Crippen LogP contribution in [0.1, 0.15) is 20.3 Å². The Morgan fingerprint density at radius 3 is 2.73 bits per heavy atom. The number of hydrogen-bond acceptors (Lipinski definition) is 3. The van der Waals surface area contributed by atoms with Gasteiger partial charge in [0.2, 0.25) is 0 Å². The third-order valence-electron chi connectivity index (χ3n) is 1.48. The van der Waals surface area contributed by atoms with Gasteiger partial charge in [0.25, 0.3) is 0 Å². The molecule has 0 radical (unpaired) electrons. The summed E-state index contributed by atoms with van der Waals surface area (Å²) in [5.41, 5.74) is 0. The number of aliphatic hydroxyl groups is 1. The Hall–Kier alpha value is 0.270. The van der Waals surface area contributed by atoms with Crippen molar-refractivity contribution in [2.45, 2.75) is 26.4 Å². The standard InChI is InChI=1S/C8H19NOS/c1-3-8(10)7-9-5-6-11-4-2/h8-10H,3-7H2,1-2H3. The average molecular weight is 177 g/mol. The van der Waals surface area contributed by atoms with E-state index >= 15 is 0 Å². The van der Waals surface area contributed by atoms with Crippen LogP contribution in [0.4, 0.5) is 0 Å². The molecule has 0 spiro atoms. The number of rotatable bonds is 7. The molecule has 0 aliphatic carbocycles. The normalized spacial score (nSPS) is 13.4. The van der Waals surface area contributed by atoms with Gasteiger partial charge in [-0.1, -0.05) is 13.8 Å². The lowest BCUT2D eigenvalue weighted by molar-refractivity contribution is 0.168. The second kappa shape index (κ2) is 8.37. The maximum Gasteiger partial charge on any atom is 0.0662 e. The summed E-state index contributed by atoms with van der Waals surface area (Å²) in [5, 5.41) is 12.3. The Morgan fingerprint density at radius 2 is 2.18 bits per heavy atom. The molecule has 0 aliphatic heterocycles. The van der Waals surface area contributed by atoms with Crippen LogP contribution in [0.15, 0.2) is 0 Å². The van der Waals surface area contributed by atoms with Crippen molar-refractivity contribution in [2.75, 3.05) is 24.6 Å². The summed E-state index contributed by atoms with van der Waals surface area (Å²) in [6.45, 7) is 5.90. The highest BCUT2D eigenvalue weighted by Gasteiger charge is 1.97. The summed E-state index contributed by atoms with van der Waals surface area (Å²) in [6.07, 6.45) is 0.676. The van der Waals surface area contributed by atoms with Crippen LogP contribution in [0.5, 0.6) is 0 Å². The van der Waals surface area contributed by atoms with Crippen LogP contribution in [0.3, 0.4) is 0 Å². The molecule has 0 aromatic heterocycles. The summed E-state index contributed by atoms with van der Waals surface area (Å²) < 4.78 is 0. The molecule has 0 fully saturated rings. The average Bonchev–Trinajstić information content (AvgIpc) is 2.04. The molecule has 1 unspecified atom stereocenters. The van der Waals surface area contributed by atoms with E-state index in [1.165, 1.54) is 5.75 Å². The molecule has 0 rings (SSSR count). The van der Waals surface area contributed by atoms with Crippen molar-refractivity contribution in [1.82, 2.24) is 5.32 Å². The van der Waals surface area contributed by atoms with E-state index in [0.29, 0.717) is 0 Å². The molecule has 1 atom stereocenters. The van der Waals surface area contributed by atoms with Crippen LogP contribution in [0, 0.1) is 0 Å². The largest absolute Gasteiger partial charge is 0.392 e. The van der Waals surface area contributed by atoms with Crippen molar-refractivity contribution in [3.8, 4) is 0 Å². The summed E-state index contributed by atoms with van der Waals surface area (Å²) >= 11 is 1.92. The Labute approximate surface area is 73.8 Å². The SMILES string of the molecule is CCSCCNCC(O)CC.